The molecule has 1 heterocycles. The van der Waals surface area contributed by atoms with Crippen LogP contribution in [0, 0.1) is 0 Å². The normalized spacial score (nSPS) is 12.4. The molecule has 0 radical (unpaired) electrons. The third-order valence-electron chi connectivity index (χ3n) is 1.77. The van der Waals surface area contributed by atoms with E-state index in [-0.39, 0.29) is 0 Å². The maximum absolute atomic E-state index is 10.8. The van der Waals surface area contributed by atoms with E-state index in [9.17, 15) is 4.79 Å². The maximum Gasteiger partial charge on any atom is 0.314 e. The molecule has 0 aliphatic heterocycles. The number of hydrogen-bond acceptors (Lipinski definition) is 3. The number of hydrogen-bond donors (Lipinski definition) is 1. The minimum absolute atomic E-state index is 0.400. The van der Waals surface area contributed by atoms with Crippen LogP contribution in [0.3, 0.4) is 0 Å². The van der Waals surface area contributed by atoms with Crippen LogP contribution < -0.4 is 0 Å². The summed E-state index contributed by atoms with van der Waals surface area (Å²) in [6.45, 7) is 1.94. The second-order valence-corrected chi connectivity index (χ2v) is 2.79. The summed E-state index contributed by atoms with van der Waals surface area (Å²) in [5, 5.41) is 8.88. The summed E-state index contributed by atoms with van der Waals surface area (Å²) in [4.78, 5) is 18.7. The summed E-state index contributed by atoms with van der Waals surface area (Å²) in [5.41, 5.74) is 0. The van der Waals surface area contributed by atoms with Crippen molar-refractivity contribution in [3.63, 3.8) is 0 Å². The molecule has 1 aromatic rings. The smallest absolute Gasteiger partial charge is 0.314 e. The van der Waals surface area contributed by atoms with E-state index in [2.05, 4.69) is 9.97 Å². The molecular formula is C9H12N2O2. The van der Waals surface area contributed by atoms with E-state index in [1.807, 2.05) is 6.92 Å². The second-order valence-electron chi connectivity index (χ2n) is 2.79. The number of aromatic nitrogens is 2. The Kier molecular flexibility index (Phi) is 3.37. The van der Waals surface area contributed by atoms with Crippen molar-refractivity contribution in [3.05, 3.63) is 24.3 Å². The van der Waals surface area contributed by atoms with Gasteiger partial charge in [0, 0.05) is 12.4 Å². The molecule has 0 amide bonds. The highest BCUT2D eigenvalue weighted by Crippen LogP contribution is 2.16. The third kappa shape index (κ3) is 2.50. The molecule has 0 aliphatic carbocycles. The molecule has 1 N–H and O–H groups in total. The average Bonchev–Trinajstić information content (AvgIpc) is 2.15. The summed E-state index contributed by atoms with van der Waals surface area (Å²) in [5.74, 6) is -1.02. The zero-order valence-corrected chi connectivity index (χ0v) is 7.47. The van der Waals surface area contributed by atoms with Crippen LogP contribution in [0.4, 0.5) is 0 Å². The fourth-order valence-corrected chi connectivity index (χ4v) is 1.14. The molecule has 0 saturated heterocycles. The Morgan fingerprint density at radius 3 is 2.62 bits per heavy atom. The molecule has 4 heteroatoms. The quantitative estimate of drug-likeness (QED) is 0.761. The van der Waals surface area contributed by atoms with Gasteiger partial charge in [-0.15, -0.1) is 0 Å². The third-order valence-corrected chi connectivity index (χ3v) is 1.77. The van der Waals surface area contributed by atoms with Crippen molar-refractivity contribution in [2.75, 3.05) is 0 Å². The van der Waals surface area contributed by atoms with Gasteiger partial charge < -0.3 is 5.11 Å². The van der Waals surface area contributed by atoms with Crippen molar-refractivity contribution < 1.29 is 9.90 Å². The molecule has 1 rings (SSSR count). The zero-order chi connectivity index (χ0) is 9.68. The van der Waals surface area contributed by atoms with Crippen molar-refractivity contribution in [1.82, 2.24) is 9.97 Å². The lowest BCUT2D eigenvalue weighted by Gasteiger charge is -2.07. The largest absolute Gasteiger partial charge is 0.481 e. The number of rotatable bonds is 4. The summed E-state index contributed by atoms with van der Waals surface area (Å²) >= 11 is 0. The van der Waals surface area contributed by atoms with Crippen LogP contribution in [-0.2, 0) is 4.79 Å². The Balaban J connectivity index is 2.82. The Hall–Kier alpha value is -1.45. The fourth-order valence-electron chi connectivity index (χ4n) is 1.14. The Morgan fingerprint density at radius 2 is 2.15 bits per heavy atom. The van der Waals surface area contributed by atoms with Gasteiger partial charge in [-0.3, -0.25) is 4.79 Å². The summed E-state index contributed by atoms with van der Waals surface area (Å²) < 4.78 is 0. The van der Waals surface area contributed by atoms with E-state index in [0.29, 0.717) is 12.2 Å². The number of nitrogens with zero attached hydrogens (tertiary/aromatic N) is 2. The molecule has 1 atom stereocenters. The van der Waals surface area contributed by atoms with Crippen molar-refractivity contribution >= 4 is 5.97 Å². The molecule has 13 heavy (non-hydrogen) atoms. The summed E-state index contributed by atoms with van der Waals surface area (Å²) in [7, 11) is 0. The molecule has 1 unspecified atom stereocenters. The van der Waals surface area contributed by atoms with Crippen molar-refractivity contribution in [1.29, 1.82) is 0 Å². The first kappa shape index (κ1) is 9.64. The van der Waals surface area contributed by atoms with E-state index in [1.54, 1.807) is 18.5 Å². The van der Waals surface area contributed by atoms with Crippen molar-refractivity contribution in [3.8, 4) is 0 Å². The standard InChI is InChI=1S/C9H12N2O2/c1-2-4-7(9(12)13)8-10-5-3-6-11-8/h3,5-7H,2,4H2,1H3,(H,12,13). The van der Waals surface area contributed by atoms with Crippen LogP contribution in [-0.4, -0.2) is 21.0 Å². The van der Waals surface area contributed by atoms with Gasteiger partial charge >= 0.3 is 5.97 Å². The van der Waals surface area contributed by atoms with Crippen LogP contribution >= 0.6 is 0 Å². The number of carbonyl (C=O) groups is 1. The molecule has 0 saturated carbocycles. The lowest BCUT2D eigenvalue weighted by Crippen LogP contribution is -2.14. The van der Waals surface area contributed by atoms with Gasteiger partial charge in [0.05, 0.1) is 0 Å². The SMILES string of the molecule is CCCC(C(=O)O)c1ncccn1. The van der Waals surface area contributed by atoms with Crippen LogP contribution in [0.1, 0.15) is 31.5 Å². The van der Waals surface area contributed by atoms with E-state index in [0.717, 1.165) is 6.42 Å². The average molecular weight is 180 g/mol. The highest BCUT2D eigenvalue weighted by Gasteiger charge is 2.20. The molecule has 1 aromatic heterocycles. The molecule has 0 aromatic carbocycles. The lowest BCUT2D eigenvalue weighted by molar-refractivity contribution is -0.139. The monoisotopic (exact) mass is 180 g/mol. The molecule has 70 valence electrons. The fraction of sp³-hybridized carbons (Fsp3) is 0.444. The number of aliphatic carboxylic acids is 1. The number of carboxylic acid groups (broad SMARTS) is 1. The van der Waals surface area contributed by atoms with Gasteiger partial charge in [0.2, 0.25) is 0 Å². The van der Waals surface area contributed by atoms with Gasteiger partial charge in [-0.25, -0.2) is 9.97 Å². The summed E-state index contributed by atoms with van der Waals surface area (Å²) in [6, 6.07) is 1.67. The van der Waals surface area contributed by atoms with Crippen LogP contribution in [0.25, 0.3) is 0 Å². The van der Waals surface area contributed by atoms with Gasteiger partial charge in [-0.2, -0.15) is 0 Å². The van der Waals surface area contributed by atoms with Crippen LogP contribution in [0.5, 0.6) is 0 Å². The molecule has 0 spiro atoms. The van der Waals surface area contributed by atoms with Crippen LogP contribution in [0.15, 0.2) is 18.5 Å². The lowest BCUT2D eigenvalue weighted by atomic mass is 10.0. The van der Waals surface area contributed by atoms with Gasteiger partial charge in [0.25, 0.3) is 0 Å². The predicted molar refractivity (Wildman–Crippen MR) is 47.3 cm³/mol. The van der Waals surface area contributed by atoms with E-state index >= 15 is 0 Å². The zero-order valence-electron chi connectivity index (χ0n) is 7.47. The van der Waals surface area contributed by atoms with Gasteiger partial charge in [-0.1, -0.05) is 13.3 Å². The van der Waals surface area contributed by atoms with Gasteiger partial charge in [0.15, 0.2) is 0 Å². The first-order valence-corrected chi connectivity index (χ1v) is 4.25. The number of carboxylic acids is 1. The minimum atomic E-state index is -0.854. The van der Waals surface area contributed by atoms with Crippen molar-refractivity contribution in [2.24, 2.45) is 0 Å². The second kappa shape index (κ2) is 4.54. The van der Waals surface area contributed by atoms with E-state index in [1.165, 1.54) is 0 Å². The highest BCUT2D eigenvalue weighted by molar-refractivity contribution is 5.74. The Bertz CT molecular complexity index is 274. The first-order valence-electron chi connectivity index (χ1n) is 4.25. The minimum Gasteiger partial charge on any atom is -0.481 e. The Morgan fingerprint density at radius 1 is 1.54 bits per heavy atom. The summed E-state index contributed by atoms with van der Waals surface area (Å²) in [6.07, 6.45) is 4.52. The molecule has 0 aliphatic rings. The van der Waals surface area contributed by atoms with Crippen molar-refractivity contribution in [2.45, 2.75) is 25.7 Å². The van der Waals surface area contributed by atoms with Crippen LogP contribution in [0.2, 0.25) is 0 Å². The molecule has 0 fully saturated rings. The molecule has 4 nitrogen and oxygen atoms in total. The maximum atomic E-state index is 10.8. The highest BCUT2D eigenvalue weighted by atomic mass is 16.4. The Labute approximate surface area is 76.7 Å². The topological polar surface area (TPSA) is 63.1 Å². The first-order chi connectivity index (χ1) is 6.25. The van der Waals surface area contributed by atoms with Gasteiger partial charge in [0.1, 0.15) is 11.7 Å². The molecular weight excluding hydrogens is 168 g/mol. The van der Waals surface area contributed by atoms with E-state index < -0.39 is 11.9 Å². The predicted octanol–water partition coefficient (Wildman–Crippen LogP) is 1.44. The van der Waals surface area contributed by atoms with Gasteiger partial charge in [-0.05, 0) is 12.5 Å². The molecule has 0 bridgehead atoms. The van der Waals surface area contributed by atoms with E-state index in [4.69, 9.17) is 5.11 Å².